The van der Waals surface area contributed by atoms with Crippen LogP contribution in [-0.4, -0.2) is 12.2 Å². The van der Waals surface area contributed by atoms with Gasteiger partial charge in [-0.05, 0) is 0 Å². The molecule has 1 N–H and O–H groups in total. The molecule has 1 heteroatoms. The summed E-state index contributed by atoms with van der Waals surface area (Å²) in [4.78, 5) is 0. The van der Waals surface area contributed by atoms with Gasteiger partial charge in [0.2, 0.25) is 0 Å². The average molecular weight is 108 g/mol. The smallest absolute Gasteiger partial charge is 0.0319 e. The van der Waals surface area contributed by atoms with Gasteiger partial charge in [0.1, 0.15) is 0 Å². The maximum Gasteiger partial charge on any atom is 0.0319 e. The molecular weight excluding hydrogens is 88.1 g/mol. The Kier molecular flexibility index (Phi) is 369000. The fraction of sp³-hybridized carbons (Fsp3) is 1.00. The average Bonchev–Trinajstić information content (AvgIpc) is 1.81. The van der Waals surface area contributed by atoms with E-state index in [0.717, 1.165) is 7.11 Å². The van der Waals surface area contributed by atoms with Gasteiger partial charge < -0.3 is 5.11 Å². The Labute approximate surface area is 48.4 Å². The first-order valence-electron chi connectivity index (χ1n) is 2.45. The van der Waals surface area contributed by atoms with Crippen LogP contribution in [0.15, 0.2) is 0 Å². The Morgan fingerprint density at radius 1 is 0.714 bits per heavy atom. The second-order valence-electron chi connectivity index (χ2n) is 0. The predicted molar refractivity (Wildman–Crippen MR) is 37.6 cm³/mol. The topological polar surface area (TPSA) is 20.2 Å². The molecule has 0 rings (SSSR count). The summed E-state index contributed by atoms with van der Waals surface area (Å²) in [5.41, 5.74) is 0. The fourth-order valence-corrected chi connectivity index (χ4v) is 0. The number of aliphatic hydroxyl groups is 1. The largest absolute Gasteiger partial charge is 0.400 e. The first-order valence-corrected chi connectivity index (χ1v) is 2.45. The van der Waals surface area contributed by atoms with Gasteiger partial charge in [-0.1, -0.05) is 35.1 Å². The van der Waals surface area contributed by atoms with Gasteiger partial charge in [0.15, 0.2) is 0 Å². The van der Waals surface area contributed by atoms with Crippen LogP contribution in [0.5, 0.6) is 0 Å². The minimum absolute atomic E-state index is 0. The Bertz CT molecular complexity index is 4.14. The molecule has 0 aliphatic heterocycles. The van der Waals surface area contributed by atoms with Gasteiger partial charge in [-0.2, -0.15) is 0 Å². The zero-order valence-corrected chi connectivity index (χ0v) is 5.45. The van der Waals surface area contributed by atoms with E-state index in [1.54, 1.807) is 0 Å². The lowest BCUT2D eigenvalue weighted by atomic mass is 11.0. The van der Waals surface area contributed by atoms with E-state index < -0.39 is 0 Å². The summed E-state index contributed by atoms with van der Waals surface area (Å²) in [6, 6.07) is 0. The van der Waals surface area contributed by atoms with E-state index in [0.29, 0.717) is 0 Å². The lowest BCUT2D eigenvalue weighted by molar-refractivity contribution is 0.399. The van der Waals surface area contributed by atoms with Crippen molar-refractivity contribution in [1.29, 1.82) is 0 Å². The van der Waals surface area contributed by atoms with Gasteiger partial charge in [-0.15, -0.1) is 0 Å². The highest BCUT2D eigenvalue weighted by Crippen LogP contribution is 1.15. The molecule has 0 aliphatic carbocycles. The Morgan fingerprint density at radius 2 is 0.714 bits per heavy atom. The maximum absolute atomic E-state index is 7.00. The monoisotopic (exact) mass is 108 g/mol. The molecule has 0 amide bonds. The van der Waals surface area contributed by atoms with Crippen LogP contribution in [0, 0.1) is 0 Å². The Morgan fingerprint density at radius 3 is 0.714 bits per heavy atom. The van der Waals surface area contributed by atoms with Gasteiger partial charge in [0, 0.05) is 7.11 Å². The van der Waals surface area contributed by atoms with E-state index >= 15 is 0 Å². The third-order valence-electron chi connectivity index (χ3n) is 0. The molecule has 7 heavy (non-hydrogen) atoms. The molecule has 0 atom stereocenters. The third-order valence-corrected chi connectivity index (χ3v) is 0. The molecule has 0 aromatic heterocycles. The van der Waals surface area contributed by atoms with Gasteiger partial charge in [0.25, 0.3) is 0 Å². The lowest BCUT2D eigenvalue weighted by Gasteiger charge is -1.21. The van der Waals surface area contributed by atoms with Crippen molar-refractivity contribution in [3.8, 4) is 0 Å². The van der Waals surface area contributed by atoms with E-state index in [-0.39, 0.29) is 7.43 Å². The zero-order valence-electron chi connectivity index (χ0n) is 5.45. The summed E-state index contributed by atoms with van der Waals surface area (Å²) in [6.45, 7) is 8.00. The Balaban J connectivity index is -0.00000000900. The normalized spacial score (nSPS) is 2.57. The molecule has 0 fully saturated rings. The molecule has 0 radical (unpaired) electrons. The summed E-state index contributed by atoms with van der Waals surface area (Å²) in [5.74, 6) is 0. The first kappa shape index (κ1) is 28.2. The number of rotatable bonds is 0. The molecular formula is C6H20O. The van der Waals surface area contributed by atoms with Gasteiger partial charge in [0.05, 0.1) is 0 Å². The quantitative estimate of drug-likeness (QED) is 0.505. The minimum atomic E-state index is 0. The summed E-state index contributed by atoms with van der Waals surface area (Å²) in [7, 11) is 1.00. The fourth-order valence-electron chi connectivity index (χ4n) is 0. The van der Waals surface area contributed by atoms with Crippen molar-refractivity contribution < 1.29 is 5.11 Å². The maximum atomic E-state index is 7.00. The van der Waals surface area contributed by atoms with Crippen LogP contribution in [-0.2, 0) is 0 Å². The molecule has 0 saturated carbocycles. The summed E-state index contributed by atoms with van der Waals surface area (Å²) in [6.07, 6.45) is 0. The molecule has 0 heterocycles. The van der Waals surface area contributed by atoms with Crippen LogP contribution in [0.2, 0.25) is 0 Å². The van der Waals surface area contributed by atoms with Crippen molar-refractivity contribution in [1.82, 2.24) is 0 Å². The Hall–Kier alpha value is -0.0400. The molecule has 0 aliphatic rings. The molecule has 0 spiro atoms. The first-order chi connectivity index (χ1) is 3.00. The van der Waals surface area contributed by atoms with Crippen molar-refractivity contribution >= 4 is 0 Å². The number of hydrogen-bond acceptors (Lipinski definition) is 1. The van der Waals surface area contributed by atoms with Crippen LogP contribution >= 0.6 is 0 Å². The van der Waals surface area contributed by atoms with Crippen LogP contribution < -0.4 is 0 Å². The van der Waals surface area contributed by atoms with E-state index in [2.05, 4.69) is 0 Å². The molecule has 50 valence electrons. The van der Waals surface area contributed by atoms with Crippen molar-refractivity contribution in [3.63, 3.8) is 0 Å². The second kappa shape index (κ2) is 91600. The van der Waals surface area contributed by atoms with Gasteiger partial charge in [-0.3, -0.25) is 0 Å². The third kappa shape index (κ3) is 58400. The van der Waals surface area contributed by atoms with Crippen molar-refractivity contribution in [2.45, 2.75) is 35.1 Å². The predicted octanol–water partition coefficient (Wildman–Crippen LogP) is 2.30. The van der Waals surface area contributed by atoms with E-state index in [1.165, 1.54) is 0 Å². The van der Waals surface area contributed by atoms with Crippen LogP contribution in [0.4, 0.5) is 0 Å². The van der Waals surface area contributed by atoms with Crippen LogP contribution in [0.3, 0.4) is 0 Å². The molecule has 0 unspecified atom stereocenters. The summed E-state index contributed by atoms with van der Waals surface area (Å²) in [5, 5.41) is 7.00. The number of aliphatic hydroxyl groups excluding tert-OH is 1. The standard InChI is InChI=1S/2C2H6.CH4O.CH4/c3*1-2;/h2*1-2H3;2H,1H3;1H4. The molecule has 0 saturated heterocycles. The van der Waals surface area contributed by atoms with Gasteiger partial charge >= 0.3 is 0 Å². The highest BCUT2D eigenvalue weighted by atomic mass is 16.2. The van der Waals surface area contributed by atoms with Crippen molar-refractivity contribution in [2.24, 2.45) is 0 Å². The van der Waals surface area contributed by atoms with Crippen molar-refractivity contribution in [2.75, 3.05) is 7.11 Å². The highest BCUT2D eigenvalue weighted by Gasteiger charge is 0.934. The van der Waals surface area contributed by atoms with E-state index in [1.807, 2.05) is 27.7 Å². The van der Waals surface area contributed by atoms with Gasteiger partial charge in [-0.25, -0.2) is 0 Å². The SMILES string of the molecule is C.CC.CC.CO. The van der Waals surface area contributed by atoms with Crippen molar-refractivity contribution in [3.05, 3.63) is 0 Å². The zero-order chi connectivity index (χ0) is 6.00. The number of hydrogen-bond donors (Lipinski definition) is 1. The molecule has 0 aromatic rings. The molecule has 0 bridgehead atoms. The minimum Gasteiger partial charge on any atom is -0.400 e. The summed E-state index contributed by atoms with van der Waals surface area (Å²) < 4.78 is 0. The highest BCUT2D eigenvalue weighted by molar-refractivity contribution is 3.51. The molecule has 0 aromatic carbocycles. The molecule has 1 nitrogen and oxygen atoms in total. The van der Waals surface area contributed by atoms with E-state index in [9.17, 15) is 0 Å². The lowest BCUT2D eigenvalue weighted by Crippen LogP contribution is -1.25. The van der Waals surface area contributed by atoms with E-state index in [4.69, 9.17) is 5.11 Å². The summed E-state index contributed by atoms with van der Waals surface area (Å²) >= 11 is 0. The van der Waals surface area contributed by atoms with Crippen LogP contribution in [0.25, 0.3) is 0 Å². The second-order valence-corrected chi connectivity index (χ2v) is 0. The van der Waals surface area contributed by atoms with Crippen LogP contribution in [0.1, 0.15) is 35.1 Å².